The van der Waals surface area contributed by atoms with Gasteiger partial charge < -0.3 is 9.64 Å². The van der Waals surface area contributed by atoms with Crippen molar-refractivity contribution in [1.29, 1.82) is 0 Å². The van der Waals surface area contributed by atoms with E-state index in [2.05, 4.69) is 43.9 Å². The number of morpholine rings is 1. The van der Waals surface area contributed by atoms with E-state index in [-0.39, 0.29) is 6.10 Å². The highest BCUT2D eigenvalue weighted by Gasteiger charge is 2.17. The van der Waals surface area contributed by atoms with Crippen molar-refractivity contribution in [2.75, 3.05) is 24.6 Å². The molecule has 0 amide bonds. The normalized spacial score (nSPS) is 21.1. The van der Waals surface area contributed by atoms with Gasteiger partial charge in [-0.25, -0.2) is 9.50 Å². The number of hydrogen-bond acceptors (Lipinski definition) is 4. The highest BCUT2D eigenvalue weighted by molar-refractivity contribution is 9.10. The maximum absolute atomic E-state index is 5.54. The standard InChI is InChI=1S/C11H13BrN4O/c1-8-6-15(4-5-17-8)9-2-3-10-13-11(12)14-16(10)7-9/h2-3,7-8H,4-6H2,1H3/t8-/m0/s1. The van der Waals surface area contributed by atoms with Crippen LogP contribution in [0.4, 0.5) is 5.69 Å². The van der Waals surface area contributed by atoms with Crippen LogP contribution in [0.1, 0.15) is 6.92 Å². The monoisotopic (exact) mass is 296 g/mol. The molecular weight excluding hydrogens is 284 g/mol. The highest BCUT2D eigenvalue weighted by atomic mass is 79.9. The molecule has 1 aliphatic rings. The Labute approximate surface area is 108 Å². The largest absolute Gasteiger partial charge is 0.375 e. The van der Waals surface area contributed by atoms with E-state index in [1.165, 1.54) is 0 Å². The van der Waals surface area contributed by atoms with Gasteiger partial charge in [0, 0.05) is 13.1 Å². The lowest BCUT2D eigenvalue weighted by molar-refractivity contribution is 0.0532. The summed E-state index contributed by atoms with van der Waals surface area (Å²) in [6.45, 7) is 4.71. The van der Waals surface area contributed by atoms with Gasteiger partial charge in [-0.05, 0) is 35.0 Å². The van der Waals surface area contributed by atoms with Gasteiger partial charge in [0.25, 0.3) is 0 Å². The summed E-state index contributed by atoms with van der Waals surface area (Å²) >= 11 is 3.28. The van der Waals surface area contributed by atoms with Crippen molar-refractivity contribution in [3.8, 4) is 0 Å². The second kappa shape index (κ2) is 4.27. The summed E-state index contributed by atoms with van der Waals surface area (Å²) in [5.41, 5.74) is 2.01. The zero-order valence-corrected chi connectivity index (χ0v) is 11.1. The molecule has 1 fully saturated rings. The number of halogens is 1. The summed E-state index contributed by atoms with van der Waals surface area (Å²) in [5.74, 6) is 0. The molecule has 2 aromatic heterocycles. The number of rotatable bonds is 1. The van der Waals surface area contributed by atoms with E-state index in [9.17, 15) is 0 Å². The van der Waals surface area contributed by atoms with Crippen molar-refractivity contribution in [3.05, 3.63) is 23.1 Å². The molecule has 6 heteroatoms. The summed E-state index contributed by atoms with van der Waals surface area (Å²) < 4.78 is 7.94. The second-order valence-electron chi connectivity index (χ2n) is 4.20. The van der Waals surface area contributed by atoms with Gasteiger partial charge >= 0.3 is 0 Å². The number of pyridine rings is 1. The minimum absolute atomic E-state index is 0.280. The van der Waals surface area contributed by atoms with Crippen LogP contribution in [0.15, 0.2) is 23.1 Å². The van der Waals surface area contributed by atoms with Crippen LogP contribution in [0.25, 0.3) is 5.65 Å². The Hall–Kier alpha value is -1.14. The highest BCUT2D eigenvalue weighted by Crippen LogP contribution is 2.18. The summed E-state index contributed by atoms with van der Waals surface area (Å²) in [4.78, 5) is 6.55. The Morgan fingerprint density at radius 3 is 3.18 bits per heavy atom. The lowest BCUT2D eigenvalue weighted by Crippen LogP contribution is -2.41. The van der Waals surface area contributed by atoms with Gasteiger partial charge in [-0.15, -0.1) is 5.10 Å². The predicted molar refractivity (Wildman–Crippen MR) is 68.3 cm³/mol. The summed E-state index contributed by atoms with van der Waals surface area (Å²) in [5, 5.41) is 4.25. The Bertz CT molecular complexity index is 541. The minimum Gasteiger partial charge on any atom is -0.375 e. The molecule has 0 spiro atoms. The maximum atomic E-state index is 5.54. The quantitative estimate of drug-likeness (QED) is 0.804. The van der Waals surface area contributed by atoms with Crippen LogP contribution in [0.2, 0.25) is 0 Å². The summed E-state index contributed by atoms with van der Waals surface area (Å²) in [6.07, 6.45) is 2.28. The van der Waals surface area contributed by atoms with Crippen LogP contribution < -0.4 is 4.90 Å². The third-order valence-electron chi connectivity index (χ3n) is 2.90. The second-order valence-corrected chi connectivity index (χ2v) is 4.91. The first kappa shape index (κ1) is 11.0. The van der Waals surface area contributed by atoms with Crippen LogP contribution in [-0.4, -0.2) is 40.4 Å². The van der Waals surface area contributed by atoms with Crippen molar-refractivity contribution >= 4 is 27.3 Å². The fourth-order valence-corrected chi connectivity index (χ4v) is 2.44. The van der Waals surface area contributed by atoms with E-state index in [1.54, 1.807) is 4.52 Å². The minimum atomic E-state index is 0.280. The molecule has 1 saturated heterocycles. The number of anilines is 1. The van der Waals surface area contributed by atoms with Crippen LogP contribution in [0.5, 0.6) is 0 Å². The Balaban J connectivity index is 1.94. The molecule has 17 heavy (non-hydrogen) atoms. The molecule has 0 aromatic carbocycles. The van der Waals surface area contributed by atoms with Gasteiger partial charge in [-0.1, -0.05) is 0 Å². The van der Waals surface area contributed by atoms with E-state index in [0.29, 0.717) is 4.73 Å². The molecule has 2 aromatic rings. The van der Waals surface area contributed by atoms with Crippen molar-refractivity contribution < 1.29 is 4.74 Å². The summed E-state index contributed by atoms with van der Waals surface area (Å²) in [7, 11) is 0. The number of hydrogen-bond donors (Lipinski definition) is 0. The molecule has 1 aliphatic heterocycles. The lowest BCUT2D eigenvalue weighted by Gasteiger charge is -2.32. The van der Waals surface area contributed by atoms with Gasteiger partial charge in [0.2, 0.25) is 4.73 Å². The van der Waals surface area contributed by atoms with Crippen molar-refractivity contribution in [3.63, 3.8) is 0 Å². The van der Waals surface area contributed by atoms with E-state index >= 15 is 0 Å². The first-order valence-electron chi connectivity index (χ1n) is 5.61. The van der Waals surface area contributed by atoms with E-state index < -0.39 is 0 Å². The maximum Gasteiger partial charge on any atom is 0.218 e. The molecule has 0 saturated carbocycles. The topological polar surface area (TPSA) is 42.7 Å². The van der Waals surface area contributed by atoms with Crippen molar-refractivity contribution in [2.24, 2.45) is 0 Å². The van der Waals surface area contributed by atoms with Crippen LogP contribution in [0.3, 0.4) is 0 Å². The Kier molecular flexibility index (Phi) is 2.76. The van der Waals surface area contributed by atoms with Gasteiger partial charge in [-0.3, -0.25) is 0 Å². The van der Waals surface area contributed by atoms with Gasteiger partial charge in [0.05, 0.1) is 24.6 Å². The van der Waals surface area contributed by atoms with E-state index in [4.69, 9.17) is 4.74 Å². The molecule has 0 N–H and O–H groups in total. The average Bonchev–Trinajstić information content (AvgIpc) is 2.68. The van der Waals surface area contributed by atoms with Gasteiger partial charge in [-0.2, -0.15) is 0 Å². The third kappa shape index (κ3) is 2.14. The molecule has 0 aliphatic carbocycles. The van der Waals surface area contributed by atoms with E-state index in [1.807, 2.05) is 12.3 Å². The number of ether oxygens (including phenoxy) is 1. The Morgan fingerprint density at radius 2 is 2.35 bits per heavy atom. The average molecular weight is 297 g/mol. The van der Waals surface area contributed by atoms with Gasteiger partial charge in [0.1, 0.15) is 0 Å². The zero-order chi connectivity index (χ0) is 11.8. The van der Waals surface area contributed by atoms with Crippen LogP contribution in [0, 0.1) is 0 Å². The van der Waals surface area contributed by atoms with Gasteiger partial charge in [0.15, 0.2) is 5.65 Å². The number of aromatic nitrogens is 3. The Morgan fingerprint density at radius 1 is 1.47 bits per heavy atom. The summed E-state index contributed by atoms with van der Waals surface area (Å²) in [6, 6.07) is 4.06. The number of nitrogens with zero attached hydrogens (tertiary/aromatic N) is 4. The lowest BCUT2D eigenvalue weighted by atomic mass is 10.2. The molecular formula is C11H13BrN4O. The van der Waals surface area contributed by atoms with Crippen LogP contribution >= 0.6 is 15.9 Å². The molecule has 3 rings (SSSR count). The SMILES string of the molecule is C[C@H]1CN(c2ccc3nc(Br)nn3c2)CCO1. The first-order valence-corrected chi connectivity index (χ1v) is 6.40. The van der Waals surface area contributed by atoms with Crippen LogP contribution in [-0.2, 0) is 4.74 Å². The van der Waals surface area contributed by atoms with Crippen molar-refractivity contribution in [2.45, 2.75) is 13.0 Å². The fourth-order valence-electron chi connectivity index (χ4n) is 2.09. The van der Waals surface area contributed by atoms with Crippen molar-refractivity contribution in [1.82, 2.24) is 14.6 Å². The van der Waals surface area contributed by atoms with E-state index in [0.717, 1.165) is 31.0 Å². The first-order chi connectivity index (χ1) is 8.22. The number of fused-ring (bicyclic) bond motifs is 1. The molecule has 3 heterocycles. The zero-order valence-electron chi connectivity index (χ0n) is 9.51. The molecule has 0 bridgehead atoms. The fraction of sp³-hybridized carbons (Fsp3) is 0.455. The smallest absolute Gasteiger partial charge is 0.218 e. The predicted octanol–water partition coefficient (Wildman–Crippen LogP) is 1.72. The molecule has 0 unspecified atom stereocenters. The molecule has 1 atom stereocenters. The molecule has 0 radical (unpaired) electrons. The molecule has 5 nitrogen and oxygen atoms in total. The molecule has 90 valence electrons. The third-order valence-corrected chi connectivity index (χ3v) is 3.23.